The van der Waals surface area contributed by atoms with Gasteiger partial charge in [0.1, 0.15) is 0 Å². The molecule has 0 aliphatic rings. The predicted octanol–water partition coefficient (Wildman–Crippen LogP) is 1.49. The van der Waals surface area contributed by atoms with E-state index in [0.717, 1.165) is 10.8 Å². The number of hydrogen-bond acceptors (Lipinski definition) is 4. The fourth-order valence-electron chi connectivity index (χ4n) is 1.49. The number of nitrogens with one attached hydrogen (secondary N) is 1. The minimum Gasteiger partial charge on any atom is -0.493 e. The monoisotopic (exact) mass is 269 g/mol. The lowest BCUT2D eigenvalue weighted by Gasteiger charge is -2.05. The molecule has 0 aliphatic carbocycles. The van der Waals surface area contributed by atoms with E-state index < -0.39 is 10.6 Å². The highest BCUT2D eigenvalue weighted by Gasteiger charge is 2.12. The molecule has 0 fully saturated rings. The fraction of sp³-hybridized carbons (Fsp3) is 0.100. The van der Waals surface area contributed by atoms with Crippen LogP contribution >= 0.6 is 11.6 Å². The maximum atomic E-state index is 11.3. The van der Waals surface area contributed by atoms with E-state index in [1.54, 1.807) is 0 Å². The summed E-state index contributed by atoms with van der Waals surface area (Å²) in [6, 6.07) is 3.93. The Hall–Kier alpha value is -2.28. The van der Waals surface area contributed by atoms with Gasteiger partial charge in [0, 0.05) is 12.1 Å². The number of nitro benzene ring substituents is 1. The highest BCUT2D eigenvalue weighted by molar-refractivity contribution is 6.31. The van der Waals surface area contributed by atoms with Crippen molar-refractivity contribution in [2.75, 3.05) is 0 Å². The van der Waals surface area contributed by atoms with Crippen molar-refractivity contribution >= 4 is 17.3 Å². The van der Waals surface area contributed by atoms with Crippen molar-refractivity contribution in [2.24, 2.45) is 0 Å². The Kier molecular flexibility index (Phi) is 3.07. The number of aromatic nitrogens is 2. The van der Waals surface area contributed by atoms with E-state index >= 15 is 0 Å². The van der Waals surface area contributed by atoms with Crippen molar-refractivity contribution in [3.05, 3.63) is 55.6 Å². The smallest absolute Gasteiger partial charge is 0.328 e. The molecule has 0 spiro atoms. The Morgan fingerprint density at radius 3 is 2.72 bits per heavy atom. The van der Waals surface area contributed by atoms with Crippen LogP contribution in [0.15, 0.2) is 29.2 Å². The molecule has 0 aliphatic heterocycles. The summed E-state index contributed by atoms with van der Waals surface area (Å²) < 4.78 is 1.06. The van der Waals surface area contributed by atoms with Crippen molar-refractivity contribution in [2.45, 2.75) is 6.54 Å². The van der Waals surface area contributed by atoms with Gasteiger partial charge in [-0.3, -0.25) is 14.7 Å². The Labute approximate surface area is 105 Å². The van der Waals surface area contributed by atoms with Crippen LogP contribution in [-0.4, -0.2) is 19.6 Å². The molecule has 1 aromatic heterocycles. The molecular formula is C10H8ClN3O4. The molecule has 2 N–H and O–H groups in total. The van der Waals surface area contributed by atoms with E-state index in [0.29, 0.717) is 5.56 Å². The normalized spacial score (nSPS) is 10.5. The summed E-state index contributed by atoms with van der Waals surface area (Å²) in [5, 5.41) is 20.1. The van der Waals surface area contributed by atoms with Gasteiger partial charge in [-0.25, -0.2) is 4.79 Å². The molecule has 0 unspecified atom stereocenters. The maximum Gasteiger partial charge on any atom is 0.328 e. The predicted molar refractivity (Wildman–Crippen MR) is 63.9 cm³/mol. The number of imidazole rings is 1. The summed E-state index contributed by atoms with van der Waals surface area (Å²) in [6.45, 7) is 0.0327. The maximum absolute atomic E-state index is 11.3. The number of benzene rings is 1. The Morgan fingerprint density at radius 1 is 1.50 bits per heavy atom. The molecule has 0 saturated carbocycles. The highest BCUT2D eigenvalue weighted by atomic mass is 35.5. The molecule has 2 rings (SSSR count). The second-order valence-corrected chi connectivity index (χ2v) is 3.98. The van der Waals surface area contributed by atoms with Crippen LogP contribution < -0.4 is 5.69 Å². The third-order valence-electron chi connectivity index (χ3n) is 2.42. The lowest BCUT2D eigenvalue weighted by Crippen LogP contribution is -2.17. The first-order chi connectivity index (χ1) is 8.49. The summed E-state index contributed by atoms with van der Waals surface area (Å²) in [4.78, 5) is 23.6. The fourth-order valence-corrected chi connectivity index (χ4v) is 1.72. The molecule has 8 heteroatoms. The third kappa shape index (κ3) is 2.21. The van der Waals surface area contributed by atoms with Crippen LogP contribution in [-0.2, 0) is 6.54 Å². The number of hydrogen-bond donors (Lipinski definition) is 2. The Balaban J connectivity index is 2.36. The van der Waals surface area contributed by atoms with E-state index in [4.69, 9.17) is 11.6 Å². The van der Waals surface area contributed by atoms with E-state index in [1.807, 2.05) is 0 Å². The third-order valence-corrected chi connectivity index (χ3v) is 2.77. The second-order valence-electron chi connectivity index (χ2n) is 3.57. The van der Waals surface area contributed by atoms with Crippen LogP contribution in [0.3, 0.4) is 0 Å². The number of rotatable bonds is 3. The summed E-state index contributed by atoms with van der Waals surface area (Å²) in [6.07, 6.45) is 1.15. The van der Waals surface area contributed by atoms with Gasteiger partial charge in [-0.15, -0.1) is 0 Å². The SMILES string of the molecule is O=c1[nH]cc(O)n1Cc1ccc([N+](=O)[O-])cc1Cl. The summed E-state index contributed by atoms with van der Waals surface area (Å²) in [5.74, 6) is -0.227. The minimum absolute atomic E-state index is 0.0327. The molecule has 0 radical (unpaired) electrons. The summed E-state index contributed by atoms with van der Waals surface area (Å²) >= 11 is 5.88. The first-order valence-electron chi connectivity index (χ1n) is 4.89. The zero-order valence-corrected chi connectivity index (χ0v) is 9.72. The van der Waals surface area contributed by atoms with E-state index in [-0.39, 0.29) is 23.1 Å². The molecule has 2 aromatic rings. The zero-order valence-electron chi connectivity index (χ0n) is 8.96. The largest absolute Gasteiger partial charge is 0.493 e. The molecule has 94 valence electrons. The zero-order chi connectivity index (χ0) is 13.3. The van der Waals surface area contributed by atoms with Crippen LogP contribution in [0, 0.1) is 10.1 Å². The van der Waals surface area contributed by atoms with Gasteiger partial charge in [0.05, 0.1) is 22.7 Å². The quantitative estimate of drug-likeness (QED) is 0.651. The van der Waals surface area contributed by atoms with Crippen LogP contribution in [0.25, 0.3) is 0 Å². The number of aromatic amines is 1. The van der Waals surface area contributed by atoms with E-state index in [1.165, 1.54) is 18.2 Å². The number of H-pyrrole nitrogens is 1. The number of aromatic hydroxyl groups is 1. The molecule has 0 saturated heterocycles. The molecule has 18 heavy (non-hydrogen) atoms. The van der Waals surface area contributed by atoms with Gasteiger partial charge in [0.15, 0.2) is 0 Å². The van der Waals surface area contributed by atoms with Gasteiger partial charge in [0.25, 0.3) is 5.69 Å². The molecular weight excluding hydrogens is 262 g/mol. The van der Waals surface area contributed by atoms with Gasteiger partial charge in [-0.05, 0) is 11.6 Å². The Morgan fingerprint density at radius 2 is 2.22 bits per heavy atom. The average Bonchev–Trinajstić information content (AvgIpc) is 2.63. The lowest BCUT2D eigenvalue weighted by molar-refractivity contribution is -0.384. The van der Waals surface area contributed by atoms with Gasteiger partial charge in [0.2, 0.25) is 5.88 Å². The van der Waals surface area contributed by atoms with E-state index in [2.05, 4.69) is 4.98 Å². The van der Waals surface area contributed by atoms with Crippen LogP contribution in [0.5, 0.6) is 5.88 Å². The van der Waals surface area contributed by atoms with Crippen molar-refractivity contribution < 1.29 is 10.0 Å². The topological polar surface area (TPSA) is 101 Å². The number of nitro groups is 1. The van der Waals surface area contributed by atoms with Crippen molar-refractivity contribution in [1.29, 1.82) is 0 Å². The number of non-ortho nitro benzene ring substituents is 1. The molecule has 1 aromatic carbocycles. The van der Waals surface area contributed by atoms with Gasteiger partial charge in [-0.2, -0.15) is 0 Å². The molecule has 0 bridgehead atoms. The highest BCUT2D eigenvalue weighted by Crippen LogP contribution is 2.23. The van der Waals surface area contributed by atoms with Crippen molar-refractivity contribution in [1.82, 2.24) is 9.55 Å². The van der Waals surface area contributed by atoms with Crippen LogP contribution in [0.2, 0.25) is 5.02 Å². The van der Waals surface area contributed by atoms with Gasteiger partial charge in [-0.1, -0.05) is 11.6 Å². The number of halogens is 1. The standard InChI is InChI=1S/C10H8ClN3O4/c11-8-3-7(14(17)18)2-1-6(8)5-13-9(15)4-12-10(13)16/h1-4,15H,5H2,(H,12,16). The van der Waals surface area contributed by atoms with E-state index in [9.17, 15) is 20.0 Å². The molecule has 7 nitrogen and oxygen atoms in total. The van der Waals surface area contributed by atoms with Gasteiger partial charge >= 0.3 is 5.69 Å². The van der Waals surface area contributed by atoms with Gasteiger partial charge < -0.3 is 10.1 Å². The molecule has 0 atom stereocenters. The second kappa shape index (κ2) is 4.53. The number of nitrogens with zero attached hydrogens (tertiary/aromatic N) is 2. The minimum atomic E-state index is -0.560. The van der Waals surface area contributed by atoms with Crippen LogP contribution in [0.4, 0.5) is 5.69 Å². The average molecular weight is 270 g/mol. The Bertz CT molecular complexity index is 661. The first kappa shape index (κ1) is 12.2. The lowest BCUT2D eigenvalue weighted by atomic mass is 10.2. The molecule has 1 heterocycles. The summed E-state index contributed by atoms with van der Waals surface area (Å²) in [7, 11) is 0. The van der Waals surface area contributed by atoms with Crippen LogP contribution in [0.1, 0.15) is 5.56 Å². The van der Waals surface area contributed by atoms with Crippen molar-refractivity contribution in [3.63, 3.8) is 0 Å². The first-order valence-corrected chi connectivity index (χ1v) is 5.27. The summed E-state index contributed by atoms with van der Waals surface area (Å²) in [5.41, 5.74) is -0.115. The van der Waals surface area contributed by atoms with Crippen molar-refractivity contribution in [3.8, 4) is 5.88 Å². The molecule has 0 amide bonds.